The molecule has 0 saturated heterocycles. The monoisotopic (exact) mass is 874 g/mol. The van der Waals surface area contributed by atoms with E-state index >= 15 is 9.13 Å². The molecule has 0 spiro atoms. The molecule has 1 saturated carbocycles. The summed E-state index contributed by atoms with van der Waals surface area (Å²) in [5.74, 6) is 0.0465. The Hall–Kier alpha value is -5.56. The second-order valence-electron chi connectivity index (χ2n) is 20.0. The van der Waals surface area contributed by atoms with E-state index < -0.39 is 12.8 Å². The smallest absolute Gasteiger partial charge is 0.236 e. The minimum atomic E-state index is -3.11. The van der Waals surface area contributed by atoms with E-state index in [1.807, 2.05) is 0 Å². The van der Waals surface area contributed by atoms with Crippen LogP contribution in [-0.2, 0) is 14.3 Å². The molecule has 332 valence electrons. The highest BCUT2D eigenvalue weighted by Gasteiger charge is 2.57. The highest BCUT2D eigenvalue weighted by Crippen LogP contribution is 2.67. The van der Waals surface area contributed by atoms with Gasteiger partial charge in [0.05, 0.1) is 0 Å². The molecule has 7 aromatic rings. The Morgan fingerprint density at radius 3 is 1.08 bits per heavy atom. The van der Waals surface area contributed by atoms with Crippen molar-refractivity contribution < 1.29 is 9.13 Å². The Kier molecular flexibility index (Phi) is 13.5. The average Bonchev–Trinajstić information content (AvgIpc) is 3.30. The maximum Gasteiger partial charge on any atom is 0.327 e. The van der Waals surface area contributed by atoms with Crippen LogP contribution in [0.5, 0.6) is 0 Å². The molecular formula is C62H67O2P. The predicted molar refractivity (Wildman–Crippen MR) is 276 cm³/mol. The van der Waals surface area contributed by atoms with Gasteiger partial charge >= 0.3 is 7.68 Å². The highest BCUT2D eigenvalue weighted by molar-refractivity contribution is 7.32. The van der Waals surface area contributed by atoms with Gasteiger partial charge in [-0.3, -0.25) is 0 Å². The van der Waals surface area contributed by atoms with Crippen molar-refractivity contribution in [1.82, 2.24) is 0 Å². The van der Waals surface area contributed by atoms with Crippen molar-refractivity contribution in [2.45, 2.75) is 129 Å². The molecule has 2 atom stereocenters. The van der Waals surface area contributed by atoms with Gasteiger partial charge in [0.1, 0.15) is 5.16 Å². The average molecular weight is 875 g/mol. The van der Waals surface area contributed by atoms with Gasteiger partial charge < -0.3 is 0 Å². The zero-order valence-corrected chi connectivity index (χ0v) is 41.2. The van der Waals surface area contributed by atoms with Crippen molar-refractivity contribution in [2.24, 2.45) is 0 Å². The molecule has 0 radical (unpaired) electrons. The Balaban J connectivity index is 1.62. The van der Waals surface area contributed by atoms with Gasteiger partial charge in [0.2, 0.25) is 0 Å². The minimum Gasteiger partial charge on any atom is -0.236 e. The van der Waals surface area contributed by atoms with Crippen molar-refractivity contribution in [2.75, 3.05) is 0 Å². The lowest BCUT2D eigenvalue weighted by Gasteiger charge is -2.48. The van der Waals surface area contributed by atoms with Gasteiger partial charge in [0.15, 0.2) is 0 Å². The van der Waals surface area contributed by atoms with Crippen LogP contribution in [0, 0.1) is 13.8 Å². The summed E-state index contributed by atoms with van der Waals surface area (Å²) in [6.45, 7) is 22.8. The summed E-state index contributed by atoms with van der Waals surface area (Å²) in [7, 11) is -3.11. The van der Waals surface area contributed by atoms with Crippen molar-refractivity contribution in [3.05, 3.63) is 202 Å². The van der Waals surface area contributed by atoms with Gasteiger partial charge in [0.25, 0.3) is 0 Å². The third-order valence-electron chi connectivity index (χ3n) is 14.6. The molecule has 2 nitrogen and oxygen atoms in total. The molecule has 1 aliphatic carbocycles. The second-order valence-corrected chi connectivity index (χ2v) is 21.2. The van der Waals surface area contributed by atoms with Crippen LogP contribution in [-0.4, -0.2) is 0 Å². The normalized spacial score (nSPS) is 17.6. The van der Waals surface area contributed by atoms with Crippen LogP contribution >= 0.6 is 7.68 Å². The molecule has 8 rings (SSSR count). The van der Waals surface area contributed by atoms with Crippen molar-refractivity contribution >= 4 is 7.68 Å². The number of hydrogen-bond donors (Lipinski definition) is 0. The van der Waals surface area contributed by atoms with E-state index in [1.165, 1.54) is 66.8 Å². The summed E-state index contributed by atoms with van der Waals surface area (Å²) in [5, 5.41) is -1.31. The van der Waals surface area contributed by atoms with Crippen LogP contribution in [0.1, 0.15) is 160 Å². The maximum absolute atomic E-state index is 15.7. The van der Waals surface area contributed by atoms with Crippen molar-refractivity contribution in [1.29, 1.82) is 0 Å². The molecule has 0 heterocycles. The fourth-order valence-corrected chi connectivity index (χ4v) is 12.9. The van der Waals surface area contributed by atoms with Crippen LogP contribution in [0.25, 0.3) is 44.5 Å². The number of rotatable bonds is 12. The third-order valence-corrected chi connectivity index (χ3v) is 16.0. The topological polar surface area (TPSA) is 34.1 Å². The van der Waals surface area contributed by atoms with E-state index in [0.29, 0.717) is 0 Å². The Bertz CT molecular complexity index is 2630. The van der Waals surface area contributed by atoms with E-state index in [1.54, 1.807) is 0 Å². The molecule has 2 unspecified atom stereocenters. The van der Waals surface area contributed by atoms with Crippen LogP contribution in [0.3, 0.4) is 0 Å². The van der Waals surface area contributed by atoms with Gasteiger partial charge in [-0.25, -0.2) is 9.13 Å². The zero-order chi connectivity index (χ0) is 46.2. The lowest BCUT2D eigenvalue weighted by atomic mass is 9.60. The first-order chi connectivity index (χ1) is 31.2. The zero-order valence-electron chi connectivity index (χ0n) is 40.3. The van der Waals surface area contributed by atoms with Gasteiger partial charge in [-0.15, -0.1) is 0 Å². The van der Waals surface area contributed by atoms with Gasteiger partial charge in [-0.1, -0.05) is 213 Å². The molecule has 1 aliphatic rings. The van der Waals surface area contributed by atoms with E-state index in [-0.39, 0.29) is 35.5 Å². The largest absolute Gasteiger partial charge is 0.327 e. The van der Waals surface area contributed by atoms with E-state index in [9.17, 15) is 0 Å². The first-order valence-electron chi connectivity index (χ1n) is 24.1. The van der Waals surface area contributed by atoms with Crippen LogP contribution in [0.15, 0.2) is 152 Å². The molecule has 0 amide bonds. The van der Waals surface area contributed by atoms with Gasteiger partial charge in [-0.05, 0) is 145 Å². The summed E-state index contributed by atoms with van der Waals surface area (Å²) >= 11 is 0. The Morgan fingerprint density at radius 1 is 0.431 bits per heavy atom. The first kappa shape index (κ1) is 46.0. The summed E-state index contributed by atoms with van der Waals surface area (Å²) in [6, 6.07) is 55.0. The molecule has 0 bridgehead atoms. The predicted octanol–water partition coefficient (Wildman–Crippen LogP) is 18.6. The molecule has 0 aromatic heterocycles. The van der Waals surface area contributed by atoms with Crippen LogP contribution in [0.2, 0.25) is 0 Å². The fraction of sp³-hybridized carbons (Fsp3) is 0.323. The summed E-state index contributed by atoms with van der Waals surface area (Å²) in [5.41, 5.74) is 19.9. The summed E-state index contributed by atoms with van der Waals surface area (Å²) in [4.78, 5) is 0. The van der Waals surface area contributed by atoms with Gasteiger partial charge in [-0.2, -0.15) is 0 Å². The van der Waals surface area contributed by atoms with E-state index in [0.717, 1.165) is 47.1 Å². The molecule has 7 aromatic carbocycles. The molecular weight excluding hydrogens is 808 g/mol. The third kappa shape index (κ3) is 8.45. The number of hydrogen-bond acceptors (Lipinski definition) is 2. The molecule has 0 aliphatic heterocycles. The Labute approximate surface area is 390 Å². The minimum absolute atomic E-state index is 0.159. The number of aryl methyl sites for hydroxylation is 2. The lowest BCUT2D eigenvalue weighted by molar-refractivity contribution is 0.283. The number of benzene rings is 7. The molecule has 1 fully saturated rings. The lowest BCUT2D eigenvalue weighted by Crippen LogP contribution is -2.40. The highest BCUT2D eigenvalue weighted by atomic mass is 31.1. The van der Waals surface area contributed by atoms with Crippen molar-refractivity contribution in [3.8, 4) is 44.5 Å². The van der Waals surface area contributed by atoms with Crippen LogP contribution in [0.4, 0.5) is 0 Å². The first-order valence-corrected chi connectivity index (χ1v) is 25.3. The molecule has 3 heteroatoms. The SMILES string of the molecule is Cc1ccccc1-c1cc(C(C)C)c(-c2cccc(-c3c(C(C)C)cc(-c4ccccc4C)cc3C(C)C)c2C2(P(=O)=O)C(c3ccccc3)CCCC2c2ccccc2)c(C(C)C)c1. The Morgan fingerprint density at radius 2 is 0.754 bits per heavy atom. The van der Waals surface area contributed by atoms with E-state index in [2.05, 4.69) is 221 Å². The van der Waals surface area contributed by atoms with Crippen molar-refractivity contribution in [3.63, 3.8) is 0 Å². The fourth-order valence-electron chi connectivity index (χ4n) is 11.4. The quantitative estimate of drug-likeness (QED) is 0.115. The molecule has 0 N–H and O–H groups in total. The maximum atomic E-state index is 15.7. The summed E-state index contributed by atoms with van der Waals surface area (Å²) in [6.07, 6.45) is 2.47. The van der Waals surface area contributed by atoms with Crippen LogP contribution < -0.4 is 0 Å². The van der Waals surface area contributed by atoms with Gasteiger partial charge in [0, 0.05) is 11.8 Å². The van der Waals surface area contributed by atoms with E-state index in [4.69, 9.17) is 0 Å². The summed E-state index contributed by atoms with van der Waals surface area (Å²) < 4.78 is 31.4. The standard InChI is InChI=1S/C62H67O2P/c1-39(2)53-35-47(49-29-19-17-23-43(49)9)36-54(40(3)4)59(53)51-31-21-32-52(60-55(41(5)6)37-48(38-56(60)42(7)8)50-30-20-18-24-44(50)10)61(51)62(65(63)64)57(45-25-13-11-14-26-45)33-22-34-58(62)46-27-15-12-16-28-46/h11-21,23-32,35-42,57-58H,22,33-34H2,1-10H3. The second kappa shape index (κ2) is 19.1. The molecule has 65 heavy (non-hydrogen) atoms.